The number of nitrogens with one attached hydrogen (secondary N) is 2. The van der Waals surface area contributed by atoms with E-state index < -0.39 is 60.3 Å². The van der Waals surface area contributed by atoms with E-state index in [0.717, 1.165) is 12.7 Å². The van der Waals surface area contributed by atoms with Crippen LogP contribution in [0.3, 0.4) is 0 Å². The lowest BCUT2D eigenvalue weighted by atomic mass is 9.89. The molecule has 182 valence electrons. The van der Waals surface area contributed by atoms with Crippen LogP contribution in [0.4, 0.5) is 9.18 Å². The highest BCUT2D eigenvalue weighted by atomic mass is 19.1. The molecule has 1 rings (SSSR count). The third kappa shape index (κ3) is 8.26. The molecule has 0 bridgehead atoms. The molecule has 1 aromatic carbocycles. The number of benzene rings is 1. The van der Waals surface area contributed by atoms with Crippen LogP contribution in [0.15, 0.2) is 30.3 Å². The number of ketones is 2. The quantitative estimate of drug-likeness (QED) is 0.299. The Labute approximate surface area is 191 Å². The average Bonchev–Trinajstić information content (AvgIpc) is 2.80. The summed E-state index contributed by atoms with van der Waals surface area (Å²) >= 11 is 0. The monoisotopic (exact) mass is 467 g/mol. The Kier molecular flexibility index (Phi) is 11.1. The van der Waals surface area contributed by atoms with Crippen LogP contribution in [-0.2, 0) is 35.3 Å². The largest absolute Gasteiger partial charge is 0.468 e. The normalized spacial score (nSPS) is 14.4. The molecule has 0 radical (unpaired) electrons. The second-order valence-electron chi connectivity index (χ2n) is 7.69. The maximum absolute atomic E-state index is 12.7. The van der Waals surface area contributed by atoms with Gasteiger partial charge in [-0.05, 0) is 18.4 Å². The highest BCUT2D eigenvalue weighted by Gasteiger charge is 2.40. The van der Waals surface area contributed by atoms with Crippen molar-refractivity contribution in [1.82, 2.24) is 10.6 Å². The molecule has 4 N–H and O–H groups in total. The highest BCUT2D eigenvalue weighted by Crippen LogP contribution is 2.12. The Morgan fingerprint density at radius 2 is 1.64 bits per heavy atom. The number of Topliss-reactive ketones (excluding diaryl/α,β-unsaturated/α-hetero) is 2. The summed E-state index contributed by atoms with van der Waals surface area (Å²) in [6.07, 6.45) is -0.838. The minimum atomic E-state index is -1.80. The molecule has 1 aromatic rings. The molecule has 4 atom stereocenters. The number of hydrogen-bond acceptors (Lipinski definition) is 8. The molecule has 0 heterocycles. The molecule has 0 spiro atoms. The van der Waals surface area contributed by atoms with Crippen molar-refractivity contribution in [3.05, 3.63) is 35.9 Å². The SMILES string of the molecule is COC(=O)C(C(=O)C(C)NC(=O)C(NC(=O)OCc1ccccc1)C(C)C)C(N)C(=O)CF. The maximum atomic E-state index is 12.7. The van der Waals surface area contributed by atoms with Crippen LogP contribution in [0.25, 0.3) is 0 Å². The van der Waals surface area contributed by atoms with Crippen molar-refractivity contribution >= 4 is 29.5 Å². The van der Waals surface area contributed by atoms with E-state index in [1.807, 2.05) is 6.07 Å². The van der Waals surface area contributed by atoms with Gasteiger partial charge < -0.3 is 25.8 Å². The van der Waals surface area contributed by atoms with Crippen LogP contribution in [0.5, 0.6) is 0 Å². The van der Waals surface area contributed by atoms with Crippen LogP contribution >= 0.6 is 0 Å². The molecule has 11 heteroatoms. The standard InChI is InChI=1S/C22H30FN3O7/c1-12(2)18(26-22(31)33-11-14-8-6-5-7-9-14)20(29)25-13(3)19(28)16(21(30)32-4)17(24)15(27)10-23/h5-9,12-13,16-18H,10-11,24H2,1-4H3,(H,25,29)(H,26,31). The zero-order valence-electron chi connectivity index (χ0n) is 19.0. The van der Waals surface area contributed by atoms with Gasteiger partial charge in [-0.1, -0.05) is 44.2 Å². The molecule has 10 nitrogen and oxygen atoms in total. The van der Waals surface area contributed by atoms with E-state index in [4.69, 9.17) is 10.5 Å². The van der Waals surface area contributed by atoms with Gasteiger partial charge in [-0.15, -0.1) is 0 Å². The van der Waals surface area contributed by atoms with Crippen LogP contribution in [0.1, 0.15) is 26.3 Å². The number of alkyl carbamates (subject to hydrolysis) is 1. The van der Waals surface area contributed by atoms with E-state index >= 15 is 0 Å². The second kappa shape index (κ2) is 13.3. The Hall–Kier alpha value is -3.34. The molecule has 2 amide bonds. The first-order chi connectivity index (χ1) is 15.5. The highest BCUT2D eigenvalue weighted by molar-refractivity contribution is 6.08. The topological polar surface area (TPSA) is 154 Å². The van der Waals surface area contributed by atoms with E-state index in [1.54, 1.807) is 38.1 Å². The first kappa shape index (κ1) is 27.7. The number of carbonyl (C=O) groups is 5. The summed E-state index contributed by atoms with van der Waals surface area (Å²) in [7, 11) is 0.984. The van der Waals surface area contributed by atoms with Crippen molar-refractivity contribution in [2.45, 2.75) is 45.5 Å². The number of methoxy groups -OCH3 is 1. The average molecular weight is 467 g/mol. The Bertz CT molecular complexity index is 848. The fourth-order valence-corrected chi connectivity index (χ4v) is 2.91. The van der Waals surface area contributed by atoms with E-state index in [-0.39, 0.29) is 12.5 Å². The molecule has 0 fully saturated rings. The van der Waals surface area contributed by atoms with Gasteiger partial charge in [-0.25, -0.2) is 9.18 Å². The van der Waals surface area contributed by atoms with Crippen molar-refractivity contribution in [2.75, 3.05) is 13.8 Å². The summed E-state index contributed by atoms with van der Waals surface area (Å²) in [5, 5.41) is 4.82. The summed E-state index contributed by atoms with van der Waals surface area (Å²) in [4.78, 5) is 61.2. The van der Waals surface area contributed by atoms with Crippen LogP contribution in [0.2, 0.25) is 0 Å². The Morgan fingerprint density at radius 3 is 2.15 bits per heavy atom. The van der Waals surface area contributed by atoms with E-state index in [9.17, 15) is 28.4 Å². The van der Waals surface area contributed by atoms with Crippen molar-refractivity contribution in [1.29, 1.82) is 0 Å². The van der Waals surface area contributed by atoms with Gasteiger partial charge in [0.15, 0.2) is 11.6 Å². The van der Waals surface area contributed by atoms with Gasteiger partial charge >= 0.3 is 12.1 Å². The number of hydrogen-bond donors (Lipinski definition) is 3. The summed E-state index contributed by atoms with van der Waals surface area (Å²) in [6.45, 7) is 3.14. The van der Waals surface area contributed by atoms with Gasteiger partial charge in [0.2, 0.25) is 5.91 Å². The third-order valence-corrected chi connectivity index (χ3v) is 4.85. The lowest BCUT2D eigenvalue weighted by molar-refractivity contribution is -0.153. The lowest BCUT2D eigenvalue weighted by Crippen LogP contribution is -2.56. The fourth-order valence-electron chi connectivity index (χ4n) is 2.91. The first-order valence-corrected chi connectivity index (χ1v) is 10.3. The zero-order valence-corrected chi connectivity index (χ0v) is 19.0. The molecular weight excluding hydrogens is 437 g/mol. The molecule has 0 saturated heterocycles. The molecule has 33 heavy (non-hydrogen) atoms. The van der Waals surface area contributed by atoms with Crippen molar-refractivity contribution in [3.8, 4) is 0 Å². The Morgan fingerprint density at radius 1 is 1.03 bits per heavy atom. The lowest BCUT2D eigenvalue weighted by Gasteiger charge is -2.26. The van der Waals surface area contributed by atoms with Gasteiger partial charge in [0.1, 0.15) is 25.2 Å². The molecule has 0 aliphatic carbocycles. The number of esters is 1. The van der Waals surface area contributed by atoms with Crippen molar-refractivity contribution in [2.24, 2.45) is 17.6 Å². The van der Waals surface area contributed by atoms with Crippen LogP contribution in [-0.4, -0.2) is 61.4 Å². The van der Waals surface area contributed by atoms with E-state index in [0.29, 0.717) is 0 Å². The zero-order chi connectivity index (χ0) is 25.1. The molecule has 0 aliphatic heterocycles. The molecule has 0 aliphatic rings. The maximum Gasteiger partial charge on any atom is 0.408 e. The summed E-state index contributed by atoms with van der Waals surface area (Å²) < 4.78 is 22.3. The number of carbonyl (C=O) groups excluding carboxylic acids is 5. The molecule has 0 saturated carbocycles. The molecule has 0 aromatic heterocycles. The number of nitrogens with two attached hydrogens (primary N) is 1. The first-order valence-electron chi connectivity index (χ1n) is 10.3. The number of rotatable bonds is 12. The number of halogens is 1. The van der Waals surface area contributed by atoms with Crippen molar-refractivity contribution < 1.29 is 37.8 Å². The fraction of sp³-hybridized carbons (Fsp3) is 0.500. The van der Waals surface area contributed by atoms with E-state index in [2.05, 4.69) is 15.4 Å². The van der Waals surface area contributed by atoms with Gasteiger partial charge in [0.05, 0.1) is 19.2 Å². The van der Waals surface area contributed by atoms with Gasteiger partial charge in [-0.3, -0.25) is 19.2 Å². The van der Waals surface area contributed by atoms with Gasteiger partial charge in [-0.2, -0.15) is 0 Å². The van der Waals surface area contributed by atoms with Crippen LogP contribution in [0, 0.1) is 11.8 Å². The smallest absolute Gasteiger partial charge is 0.408 e. The molecule has 4 unspecified atom stereocenters. The number of alkyl halides is 1. The minimum Gasteiger partial charge on any atom is -0.468 e. The van der Waals surface area contributed by atoms with Crippen LogP contribution < -0.4 is 16.4 Å². The van der Waals surface area contributed by atoms with Gasteiger partial charge in [0.25, 0.3) is 0 Å². The minimum absolute atomic E-state index is 0.00467. The van der Waals surface area contributed by atoms with Gasteiger partial charge in [0, 0.05) is 0 Å². The van der Waals surface area contributed by atoms with Crippen molar-refractivity contribution in [3.63, 3.8) is 0 Å². The number of amides is 2. The number of ether oxygens (including phenoxy) is 2. The Balaban J connectivity index is 2.83. The van der Waals surface area contributed by atoms with E-state index in [1.165, 1.54) is 6.92 Å². The molecular formula is C22H30FN3O7. The predicted octanol–water partition coefficient (Wildman–Crippen LogP) is 0.666. The summed E-state index contributed by atoms with van der Waals surface area (Å²) in [5.74, 6) is -6.12. The summed E-state index contributed by atoms with van der Waals surface area (Å²) in [6, 6.07) is 4.80. The third-order valence-electron chi connectivity index (χ3n) is 4.85. The second-order valence-corrected chi connectivity index (χ2v) is 7.69. The predicted molar refractivity (Wildman–Crippen MR) is 115 cm³/mol. The summed E-state index contributed by atoms with van der Waals surface area (Å²) in [5.41, 5.74) is 6.33.